The Morgan fingerprint density at radius 2 is 2.28 bits per heavy atom. The Morgan fingerprint density at radius 3 is 2.89 bits per heavy atom. The van der Waals surface area contributed by atoms with Crippen molar-refractivity contribution in [2.75, 3.05) is 25.0 Å². The van der Waals surface area contributed by atoms with E-state index in [9.17, 15) is 4.79 Å². The van der Waals surface area contributed by atoms with Gasteiger partial charge in [-0.3, -0.25) is 9.69 Å². The van der Waals surface area contributed by atoms with Gasteiger partial charge in [0, 0.05) is 31.0 Å². The van der Waals surface area contributed by atoms with Crippen molar-refractivity contribution in [2.24, 2.45) is 5.73 Å². The Bertz CT molecular complexity index is 415. The summed E-state index contributed by atoms with van der Waals surface area (Å²) in [5.41, 5.74) is 6.14. The van der Waals surface area contributed by atoms with Crippen molar-refractivity contribution in [1.82, 2.24) is 14.9 Å². The molecule has 1 aromatic heterocycles. The lowest BCUT2D eigenvalue weighted by Gasteiger charge is -2.31. The number of carbonyl (C=O) groups is 1. The maximum Gasteiger partial charge on any atom is 0.231 e. The number of hydrogen-bond acceptors (Lipinski definition) is 5. The largest absolute Gasteiger partial charge is 0.369 e. The van der Waals surface area contributed by atoms with Crippen LogP contribution in [-0.2, 0) is 4.79 Å². The highest BCUT2D eigenvalue weighted by atomic mass is 16.1. The molecule has 0 unspecified atom stereocenters. The quantitative estimate of drug-likeness (QED) is 0.793. The first kappa shape index (κ1) is 12.8. The molecule has 2 rings (SSSR count). The second kappa shape index (κ2) is 5.77. The predicted octanol–water partition coefficient (Wildman–Crippen LogP) is 0.147. The molecule has 98 valence electrons. The van der Waals surface area contributed by atoms with E-state index in [-0.39, 0.29) is 5.91 Å². The highest BCUT2D eigenvalue weighted by Gasteiger charge is 2.20. The fraction of sp³-hybridized carbons (Fsp3) is 0.583. The van der Waals surface area contributed by atoms with Crippen molar-refractivity contribution in [2.45, 2.75) is 25.8 Å². The van der Waals surface area contributed by atoms with Crippen LogP contribution in [0, 0.1) is 6.92 Å². The molecule has 3 N–H and O–H groups in total. The summed E-state index contributed by atoms with van der Waals surface area (Å²) >= 11 is 0. The van der Waals surface area contributed by atoms with E-state index < -0.39 is 0 Å². The van der Waals surface area contributed by atoms with Crippen molar-refractivity contribution in [3.8, 4) is 0 Å². The van der Waals surface area contributed by atoms with Gasteiger partial charge in [0.25, 0.3) is 0 Å². The van der Waals surface area contributed by atoms with Crippen LogP contribution in [0.25, 0.3) is 0 Å². The average molecular weight is 249 g/mol. The molecule has 1 aliphatic rings. The molecule has 0 atom stereocenters. The van der Waals surface area contributed by atoms with Crippen LogP contribution in [0.2, 0.25) is 0 Å². The van der Waals surface area contributed by atoms with E-state index in [1.807, 2.05) is 13.0 Å². The number of primary amides is 1. The smallest absolute Gasteiger partial charge is 0.231 e. The summed E-state index contributed by atoms with van der Waals surface area (Å²) < 4.78 is 0. The third kappa shape index (κ3) is 3.66. The molecule has 18 heavy (non-hydrogen) atoms. The summed E-state index contributed by atoms with van der Waals surface area (Å²) in [6.07, 6.45) is 3.71. The number of rotatable bonds is 4. The van der Waals surface area contributed by atoms with Gasteiger partial charge >= 0.3 is 0 Å². The van der Waals surface area contributed by atoms with Crippen molar-refractivity contribution in [3.63, 3.8) is 0 Å². The molecule has 0 spiro atoms. The van der Waals surface area contributed by atoms with E-state index in [2.05, 4.69) is 20.2 Å². The van der Waals surface area contributed by atoms with Crippen LogP contribution in [0.15, 0.2) is 12.3 Å². The van der Waals surface area contributed by atoms with Crippen LogP contribution in [0.4, 0.5) is 5.95 Å². The first-order valence-corrected chi connectivity index (χ1v) is 6.20. The number of nitrogens with zero attached hydrogens (tertiary/aromatic N) is 3. The van der Waals surface area contributed by atoms with E-state index in [0.29, 0.717) is 18.5 Å². The predicted molar refractivity (Wildman–Crippen MR) is 69.0 cm³/mol. The molecule has 1 aromatic rings. The first-order chi connectivity index (χ1) is 8.63. The normalized spacial score (nSPS) is 17.6. The SMILES string of the molecule is Cc1ccnc(NC2CCN(CC(N)=O)CC2)n1. The summed E-state index contributed by atoms with van der Waals surface area (Å²) in [7, 11) is 0. The zero-order chi connectivity index (χ0) is 13.0. The zero-order valence-electron chi connectivity index (χ0n) is 10.6. The molecule has 1 fully saturated rings. The summed E-state index contributed by atoms with van der Waals surface area (Å²) in [5, 5.41) is 3.33. The third-order valence-electron chi connectivity index (χ3n) is 3.10. The van der Waals surface area contributed by atoms with Crippen molar-refractivity contribution in [3.05, 3.63) is 18.0 Å². The molecule has 1 saturated heterocycles. The van der Waals surface area contributed by atoms with E-state index >= 15 is 0 Å². The monoisotopic (exact) mass is 249 g/mol. The van der Waals surface area contributed by atoms with Crippen molar-refractivity contribution >= 4 is 11.9 Å². The molecule has 2 heterocycles. The Morgan fingerprint density at radius 1 is 1.56 bits per heavy atom. The van der Waals surface area contributed by atoms with Gasteiger partial charge in [-0.15, -0.1) is 0 Å². The second-order valence-electron chi connectivity index (χ2n) is 4.68. The summed E-state index contributed by atoms with van der Waals surface area (Å²) in [5.74, 6) is 0.423. The number of aromatic nitrogens is 2. The topological polar surface area (TPSA) is 84.1 Å². The molecule has 6 heteroatoms. The molecular weight excluding hydrogens is 230 g/mol. The van der Waals surface area contributed by atoms with Crippen LogP contribution in [0.5, 0.6) is 0 Å². The highest BCUT2D eigenvalue weighted by molar-refractivity contribution is 5.75. The third-order valence-corrected chi connectivity index (χ3v) is 3.10. The highest BCUT2D eigenvalue weighted by Crippen LogP contribution is 2.13. The molecule has 0 aromatic carbocycles. The lowest BCUT2D eigenvalue weighted by molar-refractivity contribution is -0.119. The van der Waals surface area contributed by atoms with Crippen LogP contribution in [-0.4, -0.2) is 46.5 Å². The number of carbonyl (C=O) groups excluding carboxylic acids is 1. The standard InChI is InChI=1S/C12H19N5O/c1-9-2-5-14-12(15-9)16-10-3-6-17(7-4-10)8-11(13)18/h2,5,10H,3-4,6-8H2,1H3,(H2,13,18)(H,14,15,16). The zero-order valence-corrected chi connectivity index (χ0v) is 10.6. The Balaban J connectivity index is 1.81. The van der Waals surface area contributed by atoms with Crippen LogP contribution < -0.4 is 11.1 Å². The molecular formula is C12H19N5O. The van der Waals surface area contributed by atoms with Crippen molar-refractivity contribution < 1.29 is 4.79 Å². The van der Waals surface area contributed by atoms with Gasteiger partial charge in [-0.25, -0.2) is 9.97 Å². The number of likely N-dealkylation sites (tertiary alicyclic amines) is 1. The first-order valence-electron chi connectivity index (χ1n) is 6.20. The summed E-state index contributed by atoms with van der Waals surface area (Å²) in [6.45, 7) is 4.06. The molecule has 0 aliphatic carbocycles. The minimum absolute atomic E-state index is 0.261. The van der Waals surface area contributed by atoms with Gasteiger partial charge < -0.3 is 11.1 Å². The van der Waals surface area contributed by atoms with Gasteiger partial charge in [0.2, 0.25) is 11.9 Å². The number of nitrogens with two attached hydrogens (primary N) is 1. The van der Waals surface area contributed by atoms with Gasteiger partial charge in [0.1, 0.15) is 0 Å². The maximum absolute atomic E-state index is 10.8. The van der Waals surface area contributed by atoms with Crippen LogP contribution in [0.3, 0.4) is 0 Å². The van der Waals surface area contributed by atoms with Gasteiger partial charge in [-0.2, -0.15) is 0 Å². The van der Waals surface area contributed by atoms with Gasteiger partial charge in [-0.05, 0) is 25.8 Å². The molecule has 0 saturated carbocycles. The lowest BCUT2D eigenvalue weighted by Crippen LogP contribution is -2.43. The number of nitrogens with one attached hydrogen (secondary N) is 1. The molecule has 0 radical (unpaired) electrons. The van der Waals surface area contributed by atoms with Crippen LogP contribution in [0.1, 0.15) is 18.5 Å². The Kier molecular flexibility index (Phi) is 4.09. The maximum atomic E-state index is 10.8. The minimum atomic E-state index is -0.261. The summed E-state index contributed by atoms with van der Waals surface area (Å²) in [4.78, 5) is 21.4. The Labute approximate surface area is 107 Å². The lowest BCUT2D eigenvalue weighted by atomic mass is 10.1. The second-order valence-corrected chi connectivity index (χ2v) is 4.68. The van der Waals surface area contributed by atoms with E-state index in [1.54, 1.807) is 6.20 Å². The number of amides is 1. The van der Waals surface area contributed by atoms with Gasteiger partial charge in [0.15, 0.2) is 0 Å². The fourth-order valence-electron chi connectivity index (χ4n) is 2.16. The van der Waals surface area contributed by atoms with E-state index in [0.717, 1.165) is 31.6 Å². The van der Waals surface area contributed by atoms with Crippen molar-refractivity contribution in [1.29, 1.82) is 0 Å². The van der Waals surface area contributed by atoms with Gasteiger partial charge in [0.05, 0.1) is 6.54 Å². The minimum Gasteiger partial charge on any atom is -0.369 e. The Hall–Kier alpha value is -1.69. The van der Waals surface area contributed by atoms with E-state index in [1.165, 1.54) is 0 Å². The fourth-order valence-corrected chi connectivity index (χ4v) is 2.16. The molecule has 1 aliphatic heterocycles. The van der Waals surface area contributed by atoms with Crippen LogP contribution >= 0.6 is 0 Å². The van der Waals surface area contributed by atoms with Gasteiger partial charge in [-0.1, -0.05) is 0 Å². The number of piperidine rings is 1. The number of aryl methyl sites for hydroxylation is 1. The average Bonchev–Trinajstić information content (AvgIpc) is 2.31. The van der Waals surface area contributed by atoms with E-state index in [4.69, 9.17) is 5.73 Å². The molecule has 0 bridgehead atoms. The molecule has 1 amide bonds. The molecule has 6 nitrogen and oxygen atoms in total. The number of anilines is 1. The summed E-state index contributed by atoms with van der Waals surface area (Å²) in [6, 6.07) is 2.25. The number of hydrogen-bond donors (Lipinski definition) is 2.